The summed E-state index contributed by atoms with van der Waals surface area (Å²) in [6.45, 7) is 5.02. The molecule has 0 bridgehead atoms. The van der Waals surface area contributed by atoms with Crippen LogP contribution in [-0.4, -0.2) is 44.1 Å². The number of hydrogen-bond acceptors (Lipinski definition) is 4. The molecule has 2 aromatic rings. The topological polar surface area (TPSA) is 66.5 Å². The van der Waals surface area contributed by atoms with Gasteiger partial charge in [0, 0.05) is 5.69 Å². The third kappa shape index (κ3) is 6.42. The number of carbonyl (C=O) groups excluding carboxylic acids is 1. The van der Waals surface area contributed by atoms with Crippen LogP contribution < -0.4 is 5.32 Å². The van der Waals surface area contributed by atoms with Crippen LogP contribution >= 0.6 is 0 Å². The van der Waals surface area contributed by atoms with Crippen LogP contribution in [-0.2, 0) is 14.6 Å². The number of hydrogen-bond donors (Lipinski definition) is 1. The summed E-state index contributed by atoms with van der Waals surface area (Å²) < 4.78 is 37.8. The average Bonchev–Trinajstić information content (AvgIpc) is 2.67. The number of halogens is 1. The summed E-state index contributed by atoms with van der Waals surface area (Å²) in [5.74, 6) is -0.640. The second-order valence-electron chi connectivity index (χ2n) is 6.69. The second kappa shape index (κ2) is 10.3. The third-order valence-electron chi connectivity index (χ3n) is 4.51. The van der Waals surface area contributed by atoms with E-state index in [1.165, 1.54) is 12.1 Å². The maximum Gasteiger partial charge on any atom is 0.241 e. The Kier molecular flexibility index (Phi) is 8.14. The Balaban J connectivity index is 1.94. The average molecular weight is 407 g/mol. The summed E-state index contributed by atoms with van der Waals surface area (Å²) in [6, 6.07) is 13.7. The van der Waals surface area contributed by atoms with E-state index in [1.807, 2.05) is 49.1 Å². The summed E-state index contributed by atoms with van der Waals surface area (Å²) in [6.07, 6.45) is 1.25. The Hall–Kier alpha value is -2.25. The van der Waals surface area contributed by atoms with Gasteiger partial charge in [-0.05, 0) is 69.3 Å². The summed E-state index contributed by atoms with van der Waals surface area (Å²) >= 11 is 0. The lowest BCUT2D eigenvalue weighted by atomic mass is 10.2. The smallest absolute Gasteiger partial charge is 0.241 e. The Morgan fingerprint density at radius 1 is 1.07 bits per heavy atom. The number of nitrogens with zero attached hydrogens (tertiary/aromatic N) is 1. The lowest BCUT2D eigenvalue weighted by Crippen LogP contribution is -2.43. The zero-order chi connectivity index (χ0) is 20.6. The summed E-state index contributed by atoms with van der Waals surface area (Å²) in [7, 11) is -3.48. The molecule has 7 heteroatoms. The van der Waals surface area contributed by atoms with Gasteiger partial charge in [0.25, 0.3) is 0 Å². The van der Waals surface area contributed by atoms with E-state index in [2.05, 4.69) is 5.32 Å². The van der Waals surface area contributed by atoms with Crippen LogP contribution in [0.3, 0.4) is 0 Å². The van der Waals surface area contributed by atoms with E-state index in [9.17, 15) is 17.6 Å². The molecule has 1 amide bonds. The molecule has 5 nitrogen and oxygen atoms in total. The molecule has 1 atom stereocenters. The van der Waals surface area contributed by atoms with Gasteiger partial charge in [0.05, 0.1) is 16.7 Å². The Morgan fingerprint density at radius 3 is 2.32 bits per heavy atom. The van der Waals surface area contributed by atoms with Gasteiger partial charge in [-0.2, -0.15) is 0 Å². The van der Waals surface area contributed by atoms with Crippen molar-refractivity contribution in [1.29, 1.82) is 0 Å². The first-order chi connectivity index (χ1) is 13.3. The third-order valence-corrected chi connectivity index (χ3v) is 6.33. The Morgan fingerprint density at radius 2 is 1.71 bits per heavy atom. The zero-order valence-corrected chi connectivity index (χ0v) is 17.1. The molecule has 0 spiro atoms. The van der Waals surface area contributed by atoms with Crippen molar-refractivity contribution < 1.29 is 17.6 Å². The Labute approximate surface area is 166 Å². The summed E-state index contributed by atoms with van der Waals surface area (Å²) in [5, 5.41) is 2.88. The van der Waals surface area contributed by atoms with Crippen molar-refractivity contribution in [2.45, 2.75) is 37.6 Å². The number of benzene rings is 2. The van der Waals surface area contributed by atoms with E-state index in [1.54, 1.807) is 0 Å². The minimum absolute atomic E-state index is 0.0497. The van der Waals surface area contributed by atoms with E-state index < -0.39 is 15.7 Å². The first-order valence-electron chi connectivity index (χ1n) is 9.42. The van der Waals surface area contributed by atoms with Crippen molar-refractivity contribution in [2.75, 3.05) is 24.2 Å². The fourth-order valence-corrected chi connectivity index (χ4v) is 4.23. The fourth-order valence-electron chi connectivity index (χ4n) is 2.94. The molecule has 0 aromatic heterocycles. The second-order valence-corrected chi connectivity index (χ2v) is 8.80. The van der Waals surface area contributed by atoms with E-state index in [4.69, 9.17) is 0 Å². The van der Waals surface area contributed by atoms with Gasteiger partial charge in [-0.25, -0.2) is 12.8 Å². The highest BCUT2D eigenvalue weighted by atomic mass is 32.2. The van der Waals surface area contributed by atoms with Crippen molar-refractivity contribution in [3.8, 4) is 0 Å². The Bertz CT molecular complexity index is 855. The number of para-hydroxylation sites is 1. The lowest BCUT2D eigenvalue weighted by Gasteiger charge is -2.27. The van der Waals surface area contributed by atoms with E-state index in [0.717, 1.165) is 24.2 Å². The van der Waals surface area contributed by atoms with Crippen molar-refractivity contribution in [3.63, 3.8) is 0 Å². The molecule has 152 valence electrons. The molecule has 0 fully saturated rings. The van der Waals surface area contributed by atoms with Crippen LogP contribution in [0.25, 0.3) is 0 Å². The zero-order valence-electron chi connectivity index (χ0n) is 16.3. The molecule has 1 unspecified atom stereocenters. The number of amides is 1. The van der Waals surface area contributed by atoms with E-state index >= 15 is 0 Å². The normalized spacial score (nSPS) is 12.7. The van der Waals surface area contributed by atoms with Gasteiger partial charge in [-0.15, -0.1) is 0 Å². The largest absolute Gasteiger partial charge is 0.325 e. The van der Waals surface area contributed by atoms with Gasteiger partial charge in [0.15, 0.2) is 9.84 Å². The van der Waals surface area contributed by atoms with Crippen molar-refractivity contribution >= 4 is 21.4 Å². The molecular weight excluding hydrogens is 379 g/mol. The van der Waals surface area contributed by atoms with Crippen LogP contribution in [0.5, 0.6) is 0 Å². The van der Waals surface area contributed by atoms with Crippen LogP contribution in [0, 0.1) is 5.82 Å². The molecule has 0 saturated carbocycles. The monoisotopic (exact) mass is 406 g/mol. The fraction of sp³-hybridized carbons (Fsp3) is 0.381. The minimum Gasteiger partial charge on any atom is -0.325 e. The van der Waals surface area contributed by atoms with Crippen LogP contribution in [0.2, 0.25) is 0 Å². The number of sulfone groups is 1. The predicted molar refractivity (Wildman–Crippen MR) is 109 cm³/mol. The molecule has 1 N–H and O–H groups in total. The standard InChI is InChI=1S/C21H27FN2O3S/c1-3-14-24(17(2)21(25)23-19-8-5-4-6-9-19)15-7-16-28(26,27)20-12-10-18(22)11-13-20/h4-6,8-13,17H,3,7,14-16H2,1-2H3,(H,23,25). The molecular formula is C21H27FN2O3S. The highest BCUT2D eigenvalue weighted by Crippen LogP contribution is 2.14. The highest BCUT2D eigenvalue weighted by Gasteiger charge is 2.22. The van der Waals surface area contributed by atoms with Gasteiger partial charge in [-0.3, -0.25) is 9.69 Å². The molecule has 0 aliphatic heterocycles. The SMILES string of the molecule is CCCN(CCCS(=O)(=O)c1ccc(F)cc1)C(C)C(=O)Nc1ccccc1. The van der Waals surface area contributed by atoms with Crippen molar-refractivity contribution in [2.24, 2.45) is 0 Å². The van der Waals surface area contributed by atoms with Gasteiger partial charge >= 0.3 is 0 Å². The predicted octanol–water partition coefficient (Wildman–Crippen LogP) is 3.73. The van der Waals surface area contributed by atoms with Crippen LogP contribution in [0.15, 0.2) is 59.5 Å². The molecule has 2 aromatic carbocycles. The maximum atomic E-state index is 13.0. The van der Waals surface area contributed by atoms with Gasteiger partial charge in [0.1, 0.15) is 5.82 Å². The lowest BCUT2D eigenvalue weighted by molar-refractivity contribution is -0.120. The van der Waals surface area contributed by atoms with E-state index in [0.29, 0.717) is 19.5 Å². The molecule has 28 heavy (non-hydrogen) atoms. The van der Waals surface area contributed by atoms with Gasteiger partial charge < -0.3 is 5.32 Å². The molecule has 0 aliphatic rings. The molecule has 2 rings (SSSR count). The van der Waals surface area contributed by atoms with Gasteiger partial charge in [-0.1, -0.05) is 25.1 Å². The number of rotatable bonds is 10. The number of carbonyl (C=O) groups is 1. The number of anilines is 1. The van der Waals surface area contributed by atoms with Crippen LogP contribution in [0.1, 0.15) is 26.7 Å². The van der Waals surface area contributed by atoms with Crippen LogP contribution in [0.4, 0.5) is 10.1 Å². The molecule has 0 radical (unpaired) electrons. The summed E-state index contributed by atoms with van der Waals surface area (Å²) in [5.41, 5.74) is 0.731. The molecule has 0 saturated heterocycles. The van der Waals surface area contributed by atoms with Crippen molar-refractivity contribution in [3.05, 3.63) is 60.4 Å². The first kappa shape index (κ1) is 22.0. The van der Waals surface area contributed by atoms with Crippen molar-refractivity contribution in [1.82, 2.24) is 4.90 Å². The highest BCUT2D eigenvalue weighted by molar-refractivity contribution is 7.91. The molecule has 0 heterocycles. The first-order valence-corrected chi connectivity index (χ1v) is 11.1. The van der Waals surface area contributed by atoms with Gasteiger partial charge in [0.2, 0.25) is 5.91 Å². The summed E-state index contributed by atoms with van der Waals surface area (Å²) in [4.78, 5) is 14.6. The molecule has 0 aliphatic carbocycles. The van der Waals surface area contributed by atoms with E-state index in [-0.39, 0.29) is 22.6 Å². The quantitative estimate of drug-likeness (QED) is 0.611. The number of nitrogens with one attached hydrogen (secondary N) is 1. The maximum absolute atomic E-state index is 13.0. The minimum atomic E-state index is -3.48.